The van der Waals surface area contributed by atoms with Gasteiger partial charge in [0.05, 0.1) is 16.7 Å². The summed E-state index contributed by atoms with van der Waals surface area (Å²) < 4.78 is 36.0. The molecule has 4 heterocycles. The predicted molar refractivity (Wildman–Crippen MR) is 276 cm³/mol. The van der Waals surface area contributed by atoms with Gasteiger partial charge in [0.25, 0.3) is 0 Å². The number of nitrogens with zero attached hydrogens (tertiary/aromatic N) is 5. The third-order valence-corrected chi connectivity index (χ3v) is 13.3. The van der Waals surface area contributed by atoms with Crippen molar-refractivity contribution in [3.8, 4) is 62.2 Å². The van der Waals surface area contributed by atoms with E-state index in [0.717, 1.165) is 72.4 Å². The molecule has 0 saturated heterocycles. The number of para-hydroxylation sites is 1. The molecule has 10 aromatic rings. The molecule has 0 bridgehead atoms. The Hall–Kier alpha value is -7.64. The van der Waals surface area contributed by atoms with Gasteiger partial charge in [-0.1, -0.05) is 143 Å². The molecule has 1 aliphatic rings. The van der Waals surface area contributed by atoms with Gasteiger partial charge in [0.1, 0.15) is 23.1 Å². The lowest BCUT2D eigenvalue weighted by Crippen LogP contribution is -2.56. The number of fused-ring (bicyclic) bond motifs is 6. The van der Waals surface area contributed by atoms with Gasteiger partial charge in [0.15, 0.2) is 0 Å². The fourth-order valence-electron chi connectivity index (χ4n) is 10.1. The molecule has 0 fully saturated rings. The van der Waals surface area contributed by atoms with E-state index in [0.29, 0.717) is 34.7 Å². The number of benzene rings is 7. The Labute approximate surface area is 392 Å². The molecule has 3 aromatic heterocycles. The fraction of sp³-hybridized carbons (Fsp3) is 0.153. The molecule has 6 nitrogen and oxygen atoms in total. The van der Waals surface area contributed by atoms with E-state index in [1.165, 1.54) is 16.6 Å². The van der Waals surface area contributed by atoms with Gasteiger partial charge in [-0.25, -0.2) is 9.97 Å². The highest BCUT2D eigenvalue weighted by molar-refractivity contribution is 6.77. The van der Waals surface area contributed by atoms with Crippen LogP contribution in [0.4, 0.5) is 5.69 Å². The number of ether oxygens (including phenoxy) is 1. The molecule has 0 amide bonds. The average Bonchev–Trinajstić information content (AvgIpc) is 3.94. The van der Waals surface area contributed by atoms with Crippen molar-refractivity contribution in [2.45, 2.75) is 53.3 Å². The van der Waals surface area contributed by atoms with Gasteiger partial charge in [-0.3, -0.25) is 4.57 Å². The molecule has 1 aliphatic heterocycles. The molecule has 0 spiro atoms. The van der Waals surface area contributed by atoms with Crippen molar-refractivity contribution in [2.75, 3.05) is 11.9 Å². The van der Waals surface area contributed by atoms with Crippen LogP contribution in [0, 0.1) is 13.8 Å². The highest BCUT2D eigenvalue weighted by atomic mass is 16.5. The minimum atomic E-state index is -2.28. The lowest BCUT2D eigenvalue weighted by Gasteiger charge is -2.37. The number of rotatable bonds is 9. The van der Waals surface area contributed by atoms with Crippen LogP contribution in [0.15, 0.2) is 176 Å². The van der Waals surface area contributed by atoms with Crippen molar-refractivity contribution >= 4 is 39.9 Å². The van der Waals surface area contributed by atoms with Crippen LogP contribution >= 0.6 is 0 Å². The van der Waals surface area contributed by atoms with Gasteiger partial charge in [-0.15, -0.1) is 0 Å². The summed E-state index contributed by atoms with van der Waals surface area (Å²) in [4.78, 5) is 12.9. The van der Waals surface area contributed by atoms with E-state index in [-0.39, 0.29) is 12.5 Å². The second-order valence-electron chi connectivity index (χ2n) is 18.1. The Balaban J connectivity index is 1.10. The van der Waals surface area contributed by atoms with Crippen LogP contribution < -0.4 is 15.0 Å². The van der Waals surface area contributed by atoms with Gasteiger partial charge in [-0.2, -0.15) is 0 Å². The van der Waals surface area contributed by atoms with Crippen LogP contribution in [0.1, 0.15) is 65.9 Å². The molecule has 0 atom stereocenters. The summed E-state index contributed by atoms with van der Waals surface area (Å²) in [6.45, 7) is 8.46. The molecule has 66 heavy (non-hydrogen) atoms. The van der Waals surface area contributed by atoms with Crippen LogP contribution in [0.3, 0.4) is 0 Å². The molecular formula is C59H52BN5O. The topological polar surface area (TPSA) is 48.1 Å². The quantitative estimate of drug-likeness (QED) is 0.136. The highest BCUT2D eigenvalue weighted by Gasteiger charge is 2.40. The molecule has 0 saturated carbocycles. The lowest BCUT2D eigenvalue weighted by molar-refractivity contribution is 0.483. The van der Waals surface area contributed by atoms with E-state index in [9.17, 15) is 0 Å². The van der Waals surface area contributed by atoms with Gasteiger partial charge in [-0.05, 0) is 125 Å². The molecule has 7 aromatic carbocycles. The first-order valence-electron chi connectivity index (χ1n) is 24.4. The number of pyridine rings is 1. The summed E-state index contributed by atoms with van der Waals surface area (Å²) in [5.41, 5.74) is 15.1. The van der Waals surface area contributed by atoms with E-state index in [4.69, 9.17) is 18.8 Å². The number of hydrogen-bond donors (Lipinski definition) is 0. The number of aromatic nitrogens is 4. The van der Waals surface area contributed by atoms with Crippen molar-refractivity contribution < 1.29 is 8.85 Å². The maximum atomic E-state index is 8.26. The van der Waals surface area contributed by atoms with Crippen molar-refractivity contribution in [3.05, 3.63) is 198 Å². The van der Waals surface area contributed by atoms with Crippen LogP contribution in [0.25, 0.3) is 72.5 Å². The van der Waals surface area contributed by atoms with E-state index in [1.54, 1.807) is 19.2 Å². The molecule has 0 radical (unpaired) electrons. The Bertz CT molecular complexity index is 3500. The van der Waals surface area contributed by atoms with Gasteiger partial charge in [0.2, 0.25) is 0 Å². The Kier molecular flexibility index (Phi) is 9.38. The highest BCUT2D eigenvalue weighted by Crippen LogP contribution is 2.45. The normalized spacial score (nSPS) is 13.2. The third kappa shape index (κ3) is 6.89. The Morgan fingerprint density at radius 3 is 1.91 bits per heavy atom. The van der Waals surface area contributed by atoms with Gasteiger partial charge in [0, 0.05) is 50.2 Å². The number of hydrogen-bond acceptors (Lipinski definition) is 4. The number of aryl methyl sites for hydroxylation is 2. The number of anilines is 1. The van der Waals surface area contributed by atoms with Crippen molar-refractivity contribution in [3.63, 3.8) is 0 Å². The first-order valence-corrected chi connectivity index (χ1v) is 22.9. The molecule has 322 valence electrons. The minimum Gasteiger partial charge on any atom is -0.457 e. The van der Waals surface area contributed by atoms with E-state index in [1.807, 2.05) is 41.0 Å². The number of imidazole rings is 1. The second kappa shape index (κ2) is 16.4. The largest absolute Gasteiger partial charge is 0.457 e. The smallest absolute Gasteiger partial charge is 0.417 e. The zero-order valence-corrected chi connectivity index (χ0v) is 38.1. The summed E-state index contributed by atoms with van der Waals surface area (Å²) in [6, 6.07) is 56.8. The summed E-state index contributed by atoms with van der Waals surface area (Å²) in [7, 11) is 2.20. The van der Waals surface area contributed by atoms with E-state index >= 15 is 0 Å². The Morgan fingerprint density at radius 2 is 1.23 bits per heavy atom. The minimum absolute atomic E-state index is 0.189. The summed E-state index contributed by atoms with van der Waals surface area (Å²) >= 11 is 0. The third-order valence-electron chi connectivity index (χ3n) is 13.3. The first-order chi connectivity index (χ1) is 33.4. The monoisotopic (exact) mass is 860 g/mol. The maximum Gasteiger partial charge on any atom is 0.417 e. The van der Waals surface area contributed by atoms with Crippen molar-refractivity contribution in [2.24, 2.45) is 0 Å². The molecule has 0 unspecified atom stereocenters. The predicted octanol–water partition coefficient (Wildman–Crippen LogP) is 14.4. The molecular weight excluding hydrogens is 805 g/mol. The maximum absolute atomic E-state index is 8.26. The van der Waals surface area contributed by atoms with E-state index < -0.39 is 6.85 Å². The summed E-state index contributed by atoms with van der Waals surface area (Å²) in [5.74, 6) is 3.28. The standard InChI is InChI=1S/C59H52BN5O/c1-37(2)45-23-16-24-46(38(3)4)58(45)60-63(7)53-31-29-43(66-44-28-30-50-49-22-14-15-27-54(49)65(55(50)34-44)56-32-39(5)40(6)35-61-56)33-51(53)59-62-52(36-64(59)60)57-47(41-18-10-8-11-19-41)25-17-26-48(57)42-20-12-9-13-21-42/h8-38H,1-7H3/i5D3. The van der Waals surface area contributed by atoms with Crippen molar-refractivity contribution in [1.29, 1.82) is 0 Å². The van der Waals surface area contributed by atoms with E-state index in [2.05, 4.69) is 172 Å². The summed E-state index contributed by atoms with van der Waals surface area (Å²) in [6.07, 6.45) is 3.92. The molecule has 0 aliphatic carbocycles. The SMILES string of the molecule is [2H]C([2H])([2H])c1cc(-n2c3ccccc3c3ccc(Oc4ccc5c(c4)-c4nc(-c6c(-c7ccccc7)cccc6-c6ccccc6)cn4B(c4c(C(C)C)cccc4C(C)C)N5C)cc32)ncc1C. The van der Waals surface area contributed by atoms with Crippen LogP contribution in [0.5, 0.6) is 11.5 Å². The zero-order chi connectivity index (χ0) is 47.7. The summed E-state index contributed by atoms with van der Waals surface area (Å²) in [5, 5.41) is 2.05. The lowest BCUT2D eigenvalue weighted by atomic mass is 9.58. The molecule has 7 heteroatoms. The molecule has 0 N–H and O–H groups in total. The zero-order valence-electron chi connectivity index (χ0n) is 41.1. The van der Waals surface area contributed by atoms with Gasteiger partial charge < -0.3 is 14.0 Å². The average molecular weight is 861 g/mol. The first kappa shape index (κ1) is 37.7. The van der Waals surface area contributed by atoms with Gasteiger partial charge >= 0.3 is 6.98 Å². The van der Waals surface area contributed by atoms with Crippen molar-refractivity contribution in [1.82, 2.24) is 19.0 Å². The second-order valence-corrected chi connectivity index (χ2v) is 18.1. The van der Waals surface area contributed by atoms with Crippen LogP contribution in [-0.2, 0) is 0 Å². The Morgan fingerprint density at radius 1 is 0.606 bits per heavy atom. The fourth-order valence-corrected chi connectivity index (χ4v) is 10.1. The molecule has 11 rings (SSSR count). The van der Waals surface area contributed by atoms with Crippen LogP contribution in [0.2, 0.25) is 0 Å². The van der Waals surface area contributed by atoms with Crippen LogP contribution in [-0.4, -0.2) is 33.0 Å².